The molecule has 106 valence electrons. The van der Waals surface area contributed by atoms with E-state index in [0.29, 0.717) is 0 Å². The fourth-order valence-corrected chi connectivity index (χ4v) is 2.58. The molecule has 0 bridgehead atoms. The van der Waals surface area contributed by atoms with Gasteiger partial charge in [0.15, 0.2) is 5.82 Å². The Balaban J connectivity index is 2.33. The summed E-state index contributed by atoms with van der Waals surface area (Å²) in [5.74, 6) is -2.60. The smallest absolute Gasteiger partial charge is 0.353 e. The van der Waals surface area contributed by atoms with E-state index < -0.39 is 26.7 Å². The average molecular weight is 320 g/mol. The molecular formula is C10H7ClFN3O4S. The topological polar surface area (TPSA) is 112 Å². The number of aromatic amines is 1. The molecule has 2 aromatic rings. The van der Waals surface area contributed by atoms with Gasteiger partial charge in [-0.15, -0.1) is 0 Å². The minimum atomic E-state index is -4.23. The summed E-state index contributed by atoms with van der Waals surface area (Å²) in [6.45, 7) is 0. The molecule has 3 N–H and O–H groups in total. The molecule has 2 rings (SSSR count). The largest absolute Gasteiger partial charge is 0.477 e. The van der Waals surface area contributed by atoms with E-state index >= 15 is 0 Å². The normalized spacial score (nSPS) is 11.3. The van der Waals surface area contributed by atoms with Crippen molar-refractivity contribution in [2.24, 2.45) is 0 Å². The molecule has 7 nitrogen and oxygen atoms in total. The van der Waals surface area contributed by atoms with Crippen LogP contribution >= 0.6 is 11.6 Å². The summed E-state index contributed by atoms with van der Waals surface area (Å²) < 4.78 is 39.3. The van der Waals surface area contributed by atoms with E-state index in [9.17, 15) is 17.6 Å². The minimum absolute atomic E-state index is 0.0504. The maximum atomic E-state index is 13.6. The van der Waals surface area contributed by atoms with Crippen LogP contribution in [-0.4, -0.2) is 29.7 Å². The number of hydrogen-bond acceptors (Lipinski definition) is 4. The maximum absolute atomic E-state index is 13.6. The average Bonchev–Trinajstić information content (AvgIpc) is 2.76. The number of sulfonamides is 1. The first kappa shape index (κ1) is 14.3. The first-order chi connectivity index (χ1) is 9.29. The molecule has 10 heteroatoms. The monoisotopic (exact) mass is 319 g/mol. The number of rotatable bonds is 4. The van der Waals surface area contributed by atoms with Crippen LogP contribution in [0.4, 0.5) is 10.2 Å². The molecular weight excluding hydrogens is 313 g/mol. The molecule has 1 heterocycles. The Kier molecular flexibility index (Phi) is 3.64. The Bertz CT molecular complexity index is 775. The summed E-state index contributed by atoms with van der Waals surface area (Å²) in [4.78, 5) is 9.99. The van der Waals surface area contributed by atoms with Crippen molar-refractivity contribution < 1.29 is 22.7 Å². The Morgan fingerprint density at radius 2 is 2.10 bits per heavy atom. The maximum Gasteiger partial charge on any atom is 0.353 e. The van der Waals surface area contributed by atoms with Crippen LogP contribution in [-0.2, 0) is 10.0 Å². The first-order valence-corrected chi connectivity index (χ1v) is 6.92. The van der Waals surface area contributed by atoms with Crippen molar-refractivity contribution in [3.63, 3.8) is 0 Å². The van der Waals surface area contributed by atoms with E-state index in [0.717, 1.165) is 18.2 Å². The van der Waals surface area contributed by atoms with Crippen LogP contribution in [0.2, 0.25) is 5.02 Å². The molecule has 0 aliphatic heterocycles. The third kappa shape index (κ3) is 2.89. The second-order valence-corrected chi connectivity index (χ2v) is 5.74. The molecule has 0 unspecified atom stereocenters. The predicted octanol–water partition coefficient (Wildman–Crippen LogP) is 1.70. The van der Waals surface area contributed by atoms with Crippen LogP contribution < -0.4 is 4.72 Å². The van der Waals surface area contributed by atoms with Crippen molar-refractivity contribution >= 4 is 33.4 Å². The number of nitrogens with zero attached hydrogens (tertiary/aromatic N) is 1. The molecule has 0 fully saturated rings. The lowest BCUT2D eigenvalue weighted by Gasteiger charge is -2.06. The molecule has 0 atom stereocenters. The van der Waals surface area contributed by atoms with Crippen LogP contribution in [0.25, 0.3) is 0 Å². The number of aromatic carboxylic acids is 1. The fourth-order valence-electron chi connectivity index (χ4n) is 1.37. The highest BCUT2D eigenvalue weighted by Gasteiger charge is 2.21. The van der Waals surface area contributed by atoms with Crippen LogP contribution in [0.3, 0.4) is 0 Å². The number of H-pyrrole nitrogens is 1. The number of carbonyl (C=O) groups is 1. The molecule has 1 aromatic carbocycles. The van der Waals surface area contributed by atoms with Gasteiger partial charge in [0, 0.05) is 11.1 Å². The molecule has 1 aromatic heterocycles. The Morgan fingerprint density at radius 3 is 2.65 bits per heavy atom. The van der Waals surface area contributed by atoms with Gasteiger partial charge in [0.05, 0.1) is 0 Å². The number of carboxylic acid groups (broad SMARTS) is 1. The van der Waals surface area contributed by atoms with Crippen molar-refractivity contribution in [3.05, 3.63) is 40.8 Å². The van der Waals surface area contributed by atoms with Gasteiger partial charge in [0.25, 0.3) is 10.0 Å². The highest BCUT2D eigenvalue weighted by atomic mass is 35.5. The molecule has 20 heavy (non-hydrogen) atoms. The highest BCUT2D eigenvalue weighted by Crippen LogP contribution is 2.21. The van der Waals surface area contributed by atoms with E-state index in [1.807, 2.05) is 4.72 Å². The lowest BCUT2D eigenvalue weighted by Crippen LogP contribution is -2.14. The van der Waals surface area contributed by atoms with Gasteiger partial charge in [-0.25, -0.2) is 17.6 Å². The first-order valence-electron chi connectivity index (χ1n) is 5.06. The van der Waals surface area contributed by atoms with Gasteiger partial charge in [-0.2, -0.15) is 5.10 Å². The molecule has 0 amide bonds. The Labute approximate surface area is 117 Å². The van der Waals surface area contributed by atoms with E-state index in [4.69, 9.17) is 16.7 Å². The van der Waals surface area contributed by atoms with Crippen molar-refractivity contribution in [3.8, 4) is 0 Å². The molecule has 0 aliphatic rings. The molecule has 0 aliphatic carbocycles. The molecule has 0 saturated heterocycles. The number of hydrogen-bond donors (Lipinski definition) is 3. The van der Waals surface area contributed by atoms with E-state index in [1.165, 1.54) is 6.07 Å². The van der Waals surface area contributed by atoms with Gasteiger partial charge in [0.2, 0.25) is 0 Å². The number of anilines is 1. The summed E-state index contributed by atoms with van der Waals surface area (Å²) in [5.41, 5.74) is -0.306. The van der Waals surface area contributed by atoms with Crippen LogP contribution in [0.15, 0.2) is 29.2 Å². The van der Waals surface area contributed by atoms with Crippen LogP contribution in [0.5, 0.6) is 0 Å². The molecule has 0 radical (unpaired) electrons. The summed E-state index contributed by atoms with van der Waals surface area (Å²) in [7, 11) is -4.23. The number of carboxylic acids is 1. The number of benzene rings is 1. The molecule has 0 spiro atoms. The SMILES string of the molecule is O=C(O)c1cc(NS(=O)(=O)c2ccc(Cl)cc2F)n[nH]1. The van der Waals surface area contributed by atoms with Gasteiger partial charge < -0.3 is 5.11 Å². The minimum Gasteiger partial charge on any atom is -0.477 e. The standard InChI is InChI=1S/C10H7ClFN3O4S/c11-5-1-2-8(6(12)3-5)20(18,19)15-9-4-7(10(16)17)13-14-9/h1-4H,(H,16,17)(H2,13,14,15). The van der Waals surface area contributed by atoms with Crippen molar-refractivity contribution in [2.75, 3.05) is 4.72 Å². The summed E-state index contributed by atoms with van der Waals surface area (Å²) in [6, 6.07) is 4.02. The summed E-state index contributed by atoms with van der Waals surface area (Å²) in [5, 5.41) is 14.3. The predicted molar refractivity (Wildman–Crippen MR) is 67.8 cm³/mol. The third-order valence-electron chi connectivity index (χ3n) is 2.23. The quantitative estimate of drug-likeness (QED) is 0.794. The lowest BCUT2D eigenvalue weighted by molar-refractivity contribution is 0.0690. The second-order valence-electron chi connectivity index (χ2n) is 3.65. The summed E-state index contributed by atoms with van der Waals surface area (Å²) in [6.07, 6.45) is 0. The number of halogens is 2. The highest BCUT2D eigenvalue weighted by molar-refractivity contribution is 7.92. The van der Waals surface area contributed by atoms with Gasteiger partial charge in [-0.3, -0.25) is 9.82 Å². The Morgan fingerprint density at radius 1 is 1.40 bits per heavy atom. The van der Waals surface area contributed by atoms with Crippen molar-refractivity contribution in [1.82, 2.24) is 10.2 Å². The van der Waals surface area contributed by atoms with E-state index in [1.54, 1.807) is 0 Å². The van der Waals surface area contributed by atoms with Gasteiger partial charge in [-0.05, 0) is 18.2 Å². The number of nitrogens with one attached hydrogen (secondary N) is 2. The second kappa shape index (κ2) is 5.10. The zero-order valence-corrected chi connectivity index (χ0v) is 11.2. The Hall–Kier alpha value is -2.13. The van der Waals surface area contributed by atoms with E-state index in [-0.39, 0.29) is 16.5 Å². The van der Waals surface area contributed by atoms with Crippen molar-refractivity contribution in [2.45, 2.75) is 4.90 Å². The number of aromatic nitrogens is 2. The zero-order chi connectivity index (χ0) is 14.9. The third-order valence-corrected chi connectivity index (χ3v) is 3.85. The van der Waals surface area contributed by atoms with Crippen LogP contribution in [0, 0.1) is 5.82 Å². The zero-order valence-electron chi connectivity index (χ0n) is 9.59. The van der Waals surface area contributed by atoms with Crippen LogP contribution in [0.1, 0.15) is 10.5 Å². The lowest BCUT2D eigenvalue weighted by atomic mass is 10.3. The van der Waals surface area contributed by atoms with Crippen molar-refractivity contribution in [1.29, 1.82) is 0 Å². The van der Waals surface area contributed by atoms with Gasteiger partial charge >= 0.3 is 5.97 Å². The van der Waals surface area contributed by atoms with Gasteiger partial charge in [-0.1, -0.05) is 11.6 Å². The van der Waals surface area contributed by atoms with E-state index in [2.05, 4.69) is 10.2 Å². The fraction of sp³-hybridized carbons (Fsp3) is 0. The molecule has 0 saturated carbocycles. The van der Waals surface area contributed by atoms with Gasteiger partial charge in [0.1, 0.15) is 16.4 Å². The summed E-state index contributed by atoms with van der Waals surface area (Å²) >= 11 is 5.53.